The molecular formula is C14H18BrNO. The molecule has 0 amide bonds. The Balaban J connectivity index is 1.76. The van der Waals surface area contributed by atoms with E-state index in [4.69, 9.17) is 4.74 Å². The van der Waals surface area contributed by atoms with Crippen LogP contribution in [0.25, 0.3) is 0 Å². The summed E-state index contributed by atoms with van der Waals surface area (Å²) in [5.74, 6) is 1.87. The van der Waals surface area contributed by atoms with Crippen molar-refractivity contribution in [3.8, 4) is 5.75 Å². The Labute approximate surface area is 111 Å². The lowest BCUT2D eigenvalue weighted by Crippen LogP contribution is -2.30. The van der Waals surface area contributed by atoms with Gasteiger partial charge in [0.1, 0.15) is 5.75 Å². The monoisotopic (exact) mass is 295 g/mol. The first kappa shape index (κ1) is 11.5. The molecule has 1 aromatic carbocycles. The molecule has 0 aliphatic carbocycles. The number of hydrogen-bond acceptors (Lipinski definition) is 2. The zero-order valence-corrected chi connectivity index (χ0v) is 11.6. The Kier molecular flexibility index (Phi) is 3.39. The van der Waals surface area contributed by atoms with Gasteiger partial charge in [-0.3, -0.25) is 0 Å². The lowest BCUT2D eigenvalue weighted by atomic mass is 9.91. The van der Waals surface area contributed by atoms with Crippen molar-refractivity contribution in [1.82, 2.24) is 5.32 Å². The molecule has 0 aromatic heterocycles. The average molecular weight is 296 g/mol. The Morgan fingerprint density at radius 1 is 1.41 bits per heavy atom. The van der Waals surface area contributed by atoms with Gasteiger partial charge in [0.2, 0.25) is 0 Å². The summed E-state index contributed by atoms with van der Waals surface area (Å²) in [4.78, 5) is 0. The van der Waals surface area contributed by atoms with E-state index < -0.39 is 0 Å². The van der Waals surface area contributed by atoms with E-state index in [0.717, 1.165) is 29.2 Å². The van der Waals surface area contributed by atoms with Crippen molar-refractivity contribution in [2.45, 2.75) is 25.7 Å². The van der Waals surface area contributed by atoms with E-state index >= 15 is 0 Å². The van der Waals surface area contributed by atoms with Crippen molar-refractivity contribution < 1.29 is 4.74 Å². The molecule has 3 heteroatoms. The van der Waals surface area contributed by atoms with Crippen LogP contribution in [-0.4, -0.2) is 19.7 Å². The highest BCUT2D eigenvalue weighted by Crippen LogP contribution is 2.35. The minimum Gasteiger partial charge on any atom is -0.492 e. The first-order valence-corrected chi connectivity index (χ1v) is 7.27. The molecule has 2 aliphatic heterocycles. The van der Waals surface area contributed by atoms with Gasteiger partial charge in [-0.15, -0.1) is 0 Å². The quantitative estimate of drug-likeness (QED) is 0.906. The lowest BCUT2D eigenvalue weighted by Gasteiger charge is -2.23. The second-order valence-electron chi connectivity index (χ2n) is 5.08. The van der Waals surface area contributed by atoms with Crippen LogP contribution in [-0.2, 0) is 12.8 Å². The van der Waals surface area contributed by atoms with Crippen LogP contribution in [0.15, 0.2) is 16.6 Å². The molecule has 2 nitrogen and oxygen atoms in total. The molecule has 1 saturated heterocycles. The second-order valence-corrected chi connectivity index (χ2v) is 5.94. The van der Waals surface area contributed by atoms with Gasteiger partial charge >= 0.3 is 0 Å². The van der Waals surface area contributed by atoms with Crippen molar-refractivity contribution in [1.29, 1.82) is 0 Å². The van der Waals surface area contributed by atoms with Gasteiger partial charge in [-0.1, -0.05) is 6.07 Å². The van der Waals surface area contributed by atoms with E-state index in [2.05, 4.69) is 33.4 Å². The van der Waals surface area contributed by atoms with Crippen LogP contribution in [0.1, 0.15) is 24.0 Å². The van der Waals surface area contributed by atoms with Crippen LogP contribution < -0.4 is 10.1 Å². The van der Waals surface area contributed by atoms with Crippen LogP contribution >= 0.6 is 15.9 Å². The Morgan fingerprint density at radius 2 is 2.35 bits per heavy atom. The van der Waals surface area contributed by atoms with Gasteiger partial charge in [-0.25, -0.2) is 0 Å². The molecule has 2 aliphatic rings. The van der Waals surface area contributed by atoms with Gasteiger partial charge in [-0.2, -0.15) is 0 Å². The molecular weight excluding hydrogens is 278 g/mol. The molecule has 1 unspecified atom stereocenters. The number of benzene rings is 1. The third kappa shape index (κ3) is 2.50. The fraction of sp³-hybridized carbons (Fsp3) is 0.571. The van der Waals surface area contributed by atoms with Crippen LogP contribution in [0, 0.1) is 5.92 Å². The Hall–Kier alpha value is -0.540. The number of nitrogens with one attached hydrogen (secondary N) is 1. The van der Waals surface area contributed by atoms with Crippen molar-refractivity contribution in [3.63, 3.8) is 0 Å². The molecule has 1 N–H and O–H groups in total. The molecule has 1 atom stereocenters. The summed E-state index contributed by atoms with van der Waals surface area (Å²) in [6.45, 7) is 3.20. The summed E-state index contributed by atoms with van der Waals surface area (Å²) >= 11 is 3.62. The summed E-state index contributed by atoms with van der Waals surface area (Å²) < 4.78 is 6.75. The maximum atomic E-state index is 5.61. The van der Waals surface area contributed by atoms with E-state index in [1.165, 1.54) is 43.5 Å². The standard InChI is InChI=1S/C14H18BrNO/c15-13-8-11(6-10-2-1-4-16-9-10)7-12-3-5-17-14(12)13/h7-8,10,16H,1-6,9H2. The first-order valence-electron chi connectivity index (χ1n) is 6.48. The highest BCUT2D eigenvalue weighted by Gasteiger charge is 2.19. The molecule has 0 spiro atoms. The van der Waals surface area contributed by atoms with Gasteiger partial charge in [0, 0.05) is 6.42 Å². The average Bonchev–Trinajstić information content (AvgIpc) is 2.79. The summed E-state index contributed by atoms with van der Waals surface area (Å²) in [6.07, 6.45) is 4.93. The van der Waals surface area contributed by atoms with Gasteiger partial charge < -0.3 is 10.1 Å². The van der Waals surface area contributed by atoms with E-state index in [1.807, 2.05) is 0 Å². The minimum absolute atomic E-state index is 0.802. The summed E-state index contributed by atoms with van der Waals surface area (Å²) in [5, 5.41) is 3.49. The second kappa shape index (κ2) is 4.99. The topological polar surface area (TPSA) is 21.3 Å². The SMILES string of the molecule is Brc1cc(CC2CCCNC2)cc2c1OCC2. The predicted octanol–water partition coefficient (Wildman–Crippen LogP) is 2.93. The van der Waals surface area contributed by atoms with E-state index in [1.54, 1.807) is 0 Å². The molecule has 2 heterocycles. The zero-order valence-electron chi connectivity index (χ0n) is 9.97. The van der Waals surface area contributed by atoms with Gasteiger partial charge in [0.25, 0.3) is 0 Å². The zero-order chi connectivity index (χ0) is 11.7. The molecule has 1 aromatic rings. The first-order chi connectivity index (χ1) is 8.33. The van der Waals surface area contributed by atoms with Crippen molar-refractivity contribution in [2.24, 2.45) is 5.92 Å². The summed E-state index contributed by atoms with van der Waals surface area (Å²) in [6, 6.07) is 4.57. The molecule has 0 radical (unpaired) electrons. The maximum Gasteiger partial charge on any atom is 0.136 e. The van der Waals surface area contributed by atoms with Crippen molar-refractivity contribution in [2.75, 3.05) is 19.7 Å². The largest absolute Gasteiger partial charge is 0.492 e. The van der Waals surface area contributed by atoms with Crippen LogP contribution in [0.4, 0.5) is 0 Å². The number of halogens is 1. The minimum atomic E-state index is 0.802. The van der Waals surface area contributed by atoms with Crippen molar-refractivity contribution >= 4 is 15.9 Å². The Morgan fingerprint density at radius 3 is 3.18 bits per heavy atom. The molecule has 0 bridgehead atoms. The van der Waals surface area contributed by atoms with E-state index in [0.29, 0.717) is 0 Å². The summed E-state index contributed by atoms with van der Waals surface area (Å²) in [7, 11) is 0. The summed E-state index contributed by atoms with van der Waals surface area (Å²) in [5.41, 5.74) is 2.83. The third-order valence-corrected chi connectivity index (χ3v) is 4.31. The normalized spacial score (nSPS) is 23.2. The predicted molar refractivity (Wildman–Crippen MR) is 72.6 cm³/mol. The molecule has 92 valence electrons. The molecule has 1 fully saturated rings. The highest BCUT2D eigenvalue weighted by atomic mass is 79.9. The number of ether oxygens (including phenoxy) is 1. The van der Waals surface area contributed by atoms with Gasteiger partial charge in [0.15, 0.2) is 0 Å². The van der Waals surface area contributed by atoms with Crippen LogP contribution in [0.2, 0.25) is 0 Å². The fourth-order valence-electron chi connectivity index (χ4n) is 2.87. The number of fused-ring (bicyclic) bond motifs is 1. The number of piperidine rings is 1. The lowest BCUT2D eigenvalue weighted by molar-refractivity contribution is 0.354. The molecule has 17 heavy (non-hydrogen) atoms. The molecule has 0 saturated carbocycles. The fourth-order valence-corrected chi connectivity index (χ4v) is 3.54. The number of rotatable bonds is 2. The third-order valence-electron chi connectivity index (χ3n) is 3.72. The van der Waals surface area contributed by atoms with Gasteiger partial charge in [-0.05, 0) is 71.4 Å². The van der Waals surface area contributed by atoms with Crippen LogP contribution in [0.5, 0.6) is 5.75 Å². The van der Waals surface area contributed by atoms with Crippen molar-refractivity contribution in [3.05, 3.63) is 27.7 Å². The Bertz CT molecular complexity index is 413. The van der Waals surface area contributed by atoms with E-state index in [-0.39, 0.29) is 0 Å². The van der Waals surface area contributed by atoms with Crippen LogP contribution in [0.3, 0.4) is 0 Å². The van der Waals surface area contributed by atoms with Gasteiger partial charge in [0.05, 0.1) is 11.1 Å². The number of hydrogen-bond donors (Lipinski definition) is 1. The maximum absolute atomic E-state index is 5.61. The highest BCUT2D eigenvalue weighted by molar-refractivity contribution is 9.10. The molecule has 3 rings (SSSR count). The van der Waals surface area contributed by atoms with E-state index in [9.17, 15) is 0 Å². The smallest absolute Gasteiger partial charge is 0.136 e.